The first-order valence-electron chi connectivity index (χ1n) is 9.08. The average Bonchev–Trinajstić information content (AvgIpc) is 2.62. The first-order valence-corrected chi connectivity index (χ1v) is 9.46. The molecule has 0 saturated heterocycles. The van der Waals surface area contributed by atoms with E-state index in [1.165, 1.54) is 29.7 Å². The van der Waals surface area contributed by atoms with E-state index in [1.807, 2.05) is 12.1 Å². The van der Waals surface area contributed by atoms with Gasteiger partial charge in [-0.05, 0) is 55.0 Å². The molecule has 2 aromatic carbocycles. The van der Waals surface area contributed by atoms with Crippen LogP contribution in [0.15, 0.2) is 42.5 Å². The second-order valence-corrected chi connectivity index (χ2v) is 6.95. The normalized spacial score (nSPS) is 13.4. The number of hydrogen-bond acceptors (Lipinski definition) is 2. The van der Waals surface area contributed by atoms with Gasteiger partial charge in [-0.1, -0.05) is 42.8 Å². The van der Waals surface area contributed by atoms with Crippen LogP contribution in [0.2, 0.25) is 5.02 Å². The van der Waals surface area contributed by atoms with E-state index in [1.54, 1.807) is 12.1 Å². The molecule has 3 rings (SSSR count). The lowest BCUT2D eigenvalue weighted by Crippen LogP contribution is -2.30. The van der Waals surface area contributed by atoms with E-state index in [0.29, 0.717) is 17.1 Å². The molecular weight excluding hydrogens is 332 g/mol. The molecular formula is C21H25ClN2O. The number of nitrogens with zero attached hydrogens (tertiary/aromatic N) is 1. The van der Waals surface area contributed by atoms with Crippen molar-refractivity contribution in [2.45, 2.75) is 32.6 Å². The third kappa shape index (κ3) is 4.35. The summed E-state index contributed by atoms with van der Waals surface area (Å²) in [6.07, 6.45) is 4.38. The summed E-state index contributed by atoms with van der Waals surface area (Å²) < 4.78 is 0. The van der Waals surface area contributed by atoms with E-state index in [4.69, 9.17) is 11.6 Å². The highest BCUT2D eigenvalue weighted by atomic mass is 35.5. The van der Waals surface area contributed by atoms with Crippen LogP contribution in [0.25, 0.3) is 0 Å². The Morgan fingerprint density at radius 3 is 2.88 bits per heavy atom. The van der Waals surface area contributed by atoms with Gasteiger partial charge in [-0.25, -0.2) is 0 Å². The molecule has 2 aromatic rings. The average molecular weight is 357 g/mol. The number of halogens is 1. The summed E-state index contributed by atoms with van der Waals surface area (Å²) in [7, 11) is 0. The van der Waals surface area contributed by atoms with Crippen molar-refractivity contribution in [2.75, 3.05) is 24.5 Å². The van der Waals surface area contributed by atoms with Crippen LogP contribution in [-0.4, -0.2) is 25.5 Å². The largest absolute Gasteiger partial charge is 0.371 e. The summed E-state index contributed by atoms with van der Waals surface area (Å²) in [4.78, 5) is 14.7. The van der Waals surface area contributed by atoms with Crippen LogP contribution in [0.1, 0.15) is 41.3 Å². The Bertz CT molecular complexity index is 744. The van der Waals surface area contributed by atoms with Crippen LogP contribution in [0.4, 0.5) is 5.69 Å². The highest BCUT2D eigenvalue weighted by molar-refractivity contribution is 6.33. The van der Waals surface area contributed by atoms with Crippen LogP contribution in [-0.2, 0) is 12.8 Å². The van der Waals surface area contributed by atoms with Gasteiger partial charge in [0.25, 0.3) is 5.91 Å². The number of nitrogens with one attached hydrogen (secondary N) is 1. The molecule has 0 unspecified atom stereocenters. The fourth-order valence-electron chi connectivity index (χ4n) is 3.45. The van der Waals surface area contributed by atoms with Crippen LogP contribution in [0.3, 0.4) is 0 Å². The van der Waals surface area contributed by atoms with Crippen molar-refractivity contribution >= 4 is 23.2 Å². The maximum atomic E-state index is 12.2. The Morgan fingerprint density at radius 2 is 2.08 bits per heavy atom. The summed E-state index contributed by atoms with van der Waals surface area (Å²) in [6, 6.07) is 13.9. The van der Waals surface area contributed by atoms with Gasteiger partial charge in [0.2, 0.25) is 0 Å². The van der Waals surface area contributed by atoms with Gasteiger partial charge in [-0.3, -0.25) is 4.79 Å². The molecule has 1 heterocycles. The Balaban J connectivity index is 1.59. The molecule has 0 bridgehead atoms. The molecule has 132 valence electrons. The Hall–Kier alpha value is -2.00. The molecule has 4 heteroatoms. The molecule has 0 atom stereocenters. The van der Waals surface area contributed by atoms with E-state index < -0.39 is 0 Å². The van der Waals surface area contributed by atoms with Crippen LogP contribution in [0, 0.1) is 0 Å². The summed E-state index contributed by atoms with van der Waals surface area (Å²) in [5.74, 6) is -0.113. The lowest BCUT2D eigenvalue weighted by Gasteiger charge is -2.31. The zero-order valence-corrected chi connectivity index (χ0v) is 15.5. The second kappa shape index (κ2) is 8.39. The maximum absolute atomic E-state index is 12.2. The van der Waals surface area contributed by atoms with Crippen molar-refractivity contribution in [1.82, 2.24) is 5.32 Å². The van der Waals surface area contributed by atoms with E-state index in [2.05, 4.69) is 35.3 Å². The number of aryl methyl sites for hydroxylation is 1. The van der Waals surface area contributed by atoms with E-state index in [-0.39, 0.29) is 5.91 Å². The third-order valence-electron chi connectivity index (χ3n) is 4.67. The molecule has 1 aliphatic rings. The van der Waals surface area contributed by atoms with Crippen molar-refractivity contribution in [2.24, 2.45) is 0 Å². The summed E-state index contributed by atoms with van der Waals surface area (Å²) in [5, 5.41) is 3.45. The Labute approximate surface area is 155 Å². The molecule has 1 amide bonds. The molecule has 0 spiro atoms. The summed E-state index contributed by atoms with van der Waals surface area (Å²) in [6.45, 7) is 5.13. The van der Waals surface area contributed by atoms with Gasteiger partial charge in [0.05, 0.1) is 10.6 Å². The second-order valence-electron chi connectivity index (χ2n) is 6.54. The van der Waals surface area contributed by atoms with Gasteiger partial charge in [0, 0.05) is 25.3 Å². The number of hydrogen-bond donors (Lipinski definition) is 1. The monoisotopic (exact) mass is 356 g/mol. The van der Waals surface area contributed by atoms with Gasteiger partial charge in [0.15, 0.2) is 0 Å². The number of benzene rings is 2. The molecule has 1 aliphatic heterocycles. The third-order valence-corrected chi connectivity index (χ3v) is 5.00. The first-order chi connectivity index (χ1) is 12.2. The molecule has 0 aromatic heterocycles. The van der Waals surface area contributed by atoms with Crippen molar-refractivity contribution in [3.05, 3.63) is 64.2 Å². The van der Waals surface area contributed by atoms with Gasteiger partial charge in [0.1, 0.15) is 0 Å². The molecule has 0 saturated carbocycles. The number of carbonyl (C=O) groups is 1. The van der Waals surface area contributed by atoms with E-state index in [0.717, 1.165) is 25.9 Å². The van der Waals surface area contributed by atoms with E-state index in [9.17, 15) is 4.79 Å². The lowest BCUT2D eigenvalue weighted by atomic mass is 9.98. The fraction of sp³-hybridized carbons (Fsp3) is 0.381. The number of fused-ring (bicyclic) bond motifs is 1. The summed E-state index contributed by atoms with van der Waals surface area (Å²) in [5.41, 5.74) is 4.63. The van der Waals surface area contributed by atoms with Crippen LogP contribution < -0.4 is 10.2 Å². The fourth-order valence-corrected chi connectivity index (χ4v) is 3.67. The highest BCUT2D eigenvalue weighted by Crippen LogP contribution is 2.28. The predicted octanol–water partition coefficient (Wildman–Crippen LogP) is 4.48. The van der Waals surface area contributed by atoms with Crippen molar-refractivity contribution in [3.8, 4) is 0 Å². The van der Waals surface area contributed by atoms with Crippen molar-refractivity contribution in [1.29, 1.82) is 0 Å². The number of carbonyl (C=O) groups excluding carboxylic acids is 1. The minimum atomic E-state index is -0.113. The zero-order valence-electron chi connectivity index (χ0n) is 14.7. The standard InChI is InChI=1S/C21H25ClN2O/c1-2-13-24-14-5-6-17-15-16(9-10-20(17)24)11-12-23-21(25)18-7-3-4-8-19(18)22/h3-4,7-10,15H,2,5-6,11-14H2,1H3,(H,23,25). The van der Waals surface area contributed by atoms with Crippen molar-refractivity contribution in [3.63, 3.8) is 0 Å². The molecule has 1 N–H and O–H groups in total. The van der Waals surface area contributed by atoms with Gasteiger partial charge in [-0.2, -0.15) is 0 Å². The smallest absolute Gasteiger partial charge is 0.252 e. The predicted molar refractivity (Wildman–Crippen MR) is 105 cm³/mol. The number of anilines is 1. The lowest BCUT2D eigenvalue weighted by molar-refractivity contribution is 0.0954. The zero-order chi connectivity index (χ0) is 17.6. The van der Waals surface area contributed by atoms with Gasteiger partial charge >= 0.3 is 0 Å². The number of amides is 1. The SMILES string of the molecule is CCCN1CCCc2cc(CCNC(=O)c3ccccc3Cl)ccc21. The Kier molecular flexibility index (Phi) is 5.98. The summed E-state index contributed by atoms with van der Waals surface area (Å²) >= 11 is 6.07. The molecule has 0 radical (unpaired) electrons. The topological polar surface area (TPSA) is 32.3 Å². The minimum Gasteiger partial charge on any atom is -0.371 e. The maximum Gasteiger partial charge on any atom is 0.252 e. The van der Waals surface area contributed by atoms with Crippen molar-refractivity contribution < 1.29 is 4.79 Å². The molecule has 0 fully saturated rings. The Morgan fingerprint density at radius 1 is 1.24 bits per heavy atom. The van der Waals surface area contributed by atoms with Gasteiger partial charge in [-0.15, -0.1) is 0 Å². The molecule has 25 heavy (non-hydrogen) atoms. The van der Waals surface area contributed by atoms with Crippen LogP contribution >= 0.6 is 11.6 Å². The van der Waals surface area contributed by atoms with E-state index >= 15 is 0 Å². The molecule has 0 aliphatic carbocycles. The first kappa shape index (κ1) is 17.8. The van der Waals surface area contributed by atoms with Gasteiger partial charge < -0.3 is 10.2 Å². The quantitative estimate of drug-likeness (QED) is 0.827. The van der Waals surface area contributed by atoms with Crippen LogP contribution in [0.5, 0.6) is 0 Å². The number of rotatable bonds is 6. The molecule has 3 nitrogen and oxygen atoms in total. The highest BCUT2D eigenvalue weighted by Gasteiger charge is 2.16. The minimum absolute atomic E-state index is 0.113.